The van der Waals surface area contributed by atoms with E-state index in [0.717, 1.165) is 5.56 Å². The van der Waals surface area contributed by atoms with E-state index >= 15 is 0 Å². The number of anilines is 1. The van der Waals surface area contributed by atoms with E-state index in [1.165, 1.54) is 4.80 Å². The highest BCUT2D eigenvalue weighted by atomic mass is 32.1. The number of ether oxygens (including phenoxy) is 1. The summed E-state index contributed by atoms with van der Waals surface area (Å²) >= 11 is 5.15. The van der Waals surface area contributed by atoms with Crippen LogP contribution in [0.5, 0.6) is 5.75 Å². The Balaban J connectivity index is 1.49. The quantitative estimate of drug-likeness (QED) is 0.578. The Labute approximate surface area is 174 Å². The second kappa shape index (κ2) is 9.74. The minimum absolute atomic E-state index is 0.100. The van der Waals surface area contributed by atoms with Gasteiger partial charge >= 0.3 is 0 Å². The number of nitrogens with zero attached hydrogens (tertiary/aromatic N) is 4. The average molecular weight is 411 g/mol. The summed E-state index contributed by atoms with van der Waals surface area (Å²) in [5.74, 6) is 0.965. The smallest absolute Gasteiger partial charge is 0.269 e. The van der Waals surface area contributed by atoms with Crippen molar-refractivity contribution < 1.29 is 9.53 Å². The first-order valence-electron chi connectivity index (χ1n) is 9.16. The van der Waals surface area contributed by atoms with Gasteiger partial charge < -0.3 is 4.74 Å². The van der Waals surface area contributed by atoms with Crippen molar-refractivity contribution in [2.24, 2.45) is 5.92 Å². The van der Waals surface area contributed by atoms with Gasteiger partial charge in [0.2, 0.25) is 0 Å². The van der Waals surface area contributed by atoms with Gasteiger partial charge in [0.15, 0.2) is 5.11 Å². The van der Waals surface area contributed by atoms with Crippen molar-refractivity contribution in [1.29, 1.82) is 0 Å². The number of benzene rings is 2. The van der Waals surface area contributed by atoms with Gasteiger partial charge in [-0.15, -0.1) is 5.10 Å². The minimum atomic E-state index is -0.341. The monoisotopic (exact) mass is 410 g/mol. The summed E-state index contributed by atoms with van der Waals surface area (Å²) in [5.41, 5.74) is 1.53. The standard InChI is InChI=1S/C20H22N6O2S/c1-14(2)12-26-24-19(23-25-26)22-20(29)21-18(27)16-8-10-17(11-9-16)28-13-15-6-4-3-5-7-15/h3-11,14H,12-13H2,1-2H3,(H2,21,22,24,27,29). The highest BCUT2D eigenvalue weighted by Crippen LogP contribution is 2.14. The number of aromatic nitrogens is 4. The van der Waals surface area contributed by atoms with Crippen LogP contribution in [0.25, 0.3) is 0 Å². The number of thiocarbonyl (C=S) groups is 1. The molecule has 0 radical (unpaired) electrons. The molecule has 1 aromatic heterocycles. The number of tetrazole rings is 1. The molecule has 150 valence electrons. The molecule has 0 atom stereocenters. The predicted octanol–water partition coefficient (Wildman–Crippen LogP) is 3.03. The van der Waals surface area contributed by atoms with Crippen molar-refractivity contribution >= 4 is 29.2 Å². The van der Waals surface area contributed by atoms with Crippen molar-refractivity contribution in [2.45, 2.75) is 27.0 Å². The fourth-order valence-corrected chi connectivity index (χ4v) is 2.63. The molecule has 0 aliphatic rings. The third kappa shape index (κ3) is 6.35. The van der Waals surface area contributed by atoms with E-state index < -0.39 is 0 Å². The molecule has 9 heteroatoms. The van der Waals surface area contributed by atoms with Gasteiger partial charge in [-0.2, -0.15) is 4.80 Å². The molecule has 0 saturated carbocycles. The van der Waals surface area contributed by atoms with Crippen LogP contribution in [-0.2, 0) is 13.2 Å². The van der Waals surface area contributed by atoms with Crippen LogP contribution in [0.1, 0.15) is 29.8 Å². The molecule has 0 aliphatic carbocycles. The molecule has 3 aromatic rings. The summed E-state index contributed by atoms with van der Waals surface area (Å²) in [6.07, 6.45) is 0. The summed E-state index contributed by atoms with van der Waals surface area (Å²) in [4.78, 5) is 13.8. The Morgan fingerprint density at radius 3 is 2.55 bits per heavy atom. The molecular weight excluding hydrogens is 388 g/mol. The topological polar surface area (TPSA) is 94.0 Å². The number of rotatable bonds is 7. The fraction of sp³-hybridized carbons (Fsp3) is 0.250. The molecule has 0 saturated heterocycles. The summed E-state index contributed by atoms with van der Waals surface area (Å²) in [7, 11) is 0. The van der Waals surface area contributed by atoms with E-state index in [1.807, 2.05) is 30.3 Å². The lowest BCUT2D eigenvalue weighted by atomic mass is 10.2. The van der Waals surface area contributed by atoms with Gasteiger partial charge in [0.1, 0.15) is 12.4 Å². The van der Waals surface area contributed by atoms with Crippen molar-refractivity contribution in [3.63, 3.8) is 0 Å². The van der Waals surface area contributed by atoms with E-state index in [1.54, 1.807) is 24.3 Å². The second-order valence-electron chi connectivity index (χ2n) is 6.77. The number of amides is 1. The third-order valence-electron chi connectivity index (χ3n) is 3.80. The SMILES string of the molecule is CC(C)Cn1nnc(NC(=S)NC(=O)c2ccc(OCc3ccccc3)cc2)n1. The highest BCUT2D eigenvalue weighted by Gasteiger charge is 2.11. The van der Waals surface area contributed by atoms with Crippen LogP contribution in [0.2, 0.25) is 0 Å². The van der Waals surface area contributed by atoms with Gasteiger partial charge in [0, 0.05) is 5.56 Å². The Morgan fingerprint density at radius 2 is 1.86 bits per heavy atom. The second-order valence-corrected chi connectivity index (χ2v) is 7.18. The van der Waals surface area contributed by atoms with Gasteiger partial charge in [-0.05, 0) is 53.2 Å². The zero-order chi connectivity index (χ0) is 20.6. The number of carbonyl (C=O) groups is 1. The van der Waals surface area contributed by atoms with Crippen LogP contribution in [0.4, 0.5) is 5.95 Å². The Kier molecular flexibility index (Phi) is 6.85. The van der Waals surface area contributed by atoms with Gasteiger partial charge in [-0.25, -0.2) is 0 Å². The lowest BCUT2D eigenvalue weighted by Gasteiger charge is -2.09. The first-order chi connectivity index (χ1) is 14.0. The summed E-state index contributed by atoms with van der Waals surface area (Å²) in [6, 6.07) is 16.7. The lowest BCUT2D eigenvalue weighted by Crippen LogP contribution is -2.34. The van der Waals surface area contributed by atoms with E-state index in [9.17, 15) is 4.79 Å². The zero-order valence-corrected chi connectivity index (χ0v) is 17.0. The van der Waals surface area contributed by atoms with Crippen molar-refractivity contribution in [3.05, 3.63) is 65.7 Å². The molecule has 2 N–H and O–H groups in total. The van der Waals surface area contributed by atoms with Crippen molar-refractivity contribution in [2.75, 3.05) is 5.32 Å². The van der Waals surface area contributed by atoms with E-state index in [0.29, 0.717) is 30.4 Å². The number of carbonyl (C=O) groups excluding carboxylic acids is 1. The Bertz CT molecular complexity index is 957. The molecule has 2 aromatic carbocycles. The van der Waals surface area contributed by atoms with Crippen LogP contribution in [-0.4, -0.2) is 31.2 Å². The van der Waals surface area contributed by atoms with E-state index in [2.05, 4.69) is 39.9 Å². The molecule has 3 rings (SSSR count). The van der Waals surface area contributed by atoms with Crippen LogP contribution in [0, 0.1) is 5.92 Å². The number of hydrogen-bond donors (Lipinski definition) is 2. The van der Waals surface area contributed by atoms with Gasteiger partial charge in [-0.3, -0.25) is 15.4 Å². The first kappa shape index (κ1) is 20.4. The van der Waals surface area contributed by atoms with Gasteiger partial charge in [0.05, 0.1) is 6.54 Å². The molecule has 0 unspecified atom stereocenters. The van der Waals surface area contributed by atoms with Crippen LogP contribution in [0.15, 0.2) is 54.6 Å². The van der Waals surface area contributed by atoms with Gasteiger partial charge in [0.25, 0.3) is 11.9 Å². The maximum absolute atomic E-state index is 12.3. The van der Waals surface area contributed by atoms with E-state index in [-0.39, 0.29) is 17.0 Å². The van der Waals surface area contributed by atoms with Crippen LogP contribution < -0.4 is 15.4 Å². The molecule has 0 bridgehead atoms. The predicted molar refractivity (Wildman–Crippen MR) is 114 cm³/mol. The molecule has 1 heterocycles. The zero-order valence-electron chi connectivity index (χ0n) is 16.2. The van der Waals surface area contributed by atoms with E-state index in [4.69, 9.17) is 17.0 Å². The number of hydrogen-bond acceptors (Lipinski definition) is 6. The van der Waals surface area contributed by atoms with Crippen LogP contribution in [0.3, 0.4) is 0 Å². The van der Waals surface area contributed by atoms with Crippen LogP contribution >= 0.6 is 12.2 Å². The lowest BCUT2D eigenvalue weighted by molar-refractivity contribution is 0.0977. The Morgan fingerprint density at radius 1 is 1.14 bits per heavy atom. The van der Waals surface area contributed by atoms with Crippen molar-refractivity contribution in [3.8, 4) is 5.75 Å². The molecule has 0 fully saturated rings. The molecular formula is C20H22N6O2S. The largest absolute Gasteiger partial charge is 0.489 e. The summed E-state index contributed by atoms with van der Waals surface area (Å²) < 4.78 is 5.72. The normalized spacial score (nSPS) is 10.6. The third-order valence-corrected chi connectivity index (χ3v) is 4.00. The maximum Gasteiger partial charge on any atom is 0.269 e. The fourth-order valence-electron chi connectivity index (χ4n) is 2.45. The molecule has 1 amide bonds. The van der Waals surface area contributed by atoms with Gasteiger partial charge in [-0.1, -0.05) is 49.3 Å². The molecule has 8 nitrogen and oxygen atoms in total. The minimum Gasteiger partial charge on any atom is -0.489 e. The molecule has 0 aliphatic heterocycles. The Hall–Kier alpha value is -3.33. The summed E-state index contributed by atoms with van der Waals surface area (Å²) in [5, 5.41) is 17.4. The molecule has 0 spiro atoms. The highest BCUT2D eigenvalue weighted by molar-refractivity contribution is 7.80. The number of nitrogens with one attached hydrogen (secondary N) is 2. The molecule has 29 heavy (non-hydrogen) atoms. The van der Waals surface area contributed by atoms with Crippen molar-refractivity contribution in [1.82, 2.24) is 25.5 Å². The average Bonchev–Trinajstić information content (AvgIpc) is 3.13. The first-order valence-corrected chi connectivity index (χ1v) is 9.57. The summed E-state index contributed by atoms with van der Waals surface area (Å²) in [6.45, 7) is 5.22. The maximum atomic E-state index is 12.3.